The summed E-state index contributed by atoms with van der Waals surface area (Å²) in [5, 5.41) is 12.3. The van der Waals surface area contributed by atoms with E-state index in [-0.39, 0.29) is 10.8 Å². The first-order valence-corrected chi connectivity index (χ1v) is 5.13. The summed E-state index contributed by atoms with van der Waals surface area (Å²) in [6, 6.07) is 0. The Morgan fingerprint density at radius 3 is 2.38 bits per heavy atom. The molecule has 0 aromatic heterocycles. The van der Waals surface area contributed by atoms with Crippen molar-refractivity contribution in [3.63, 3.8) is 0 Å². The lowest BCUT2D eigenvalue weighted by molar-refractivity contribution is 0.208. The van der Waals surface area contributed by atoms with Gasteiger partial charge in [0.25, 0.3) is 0 Å². The molecule has 13 heavy (non-hydrogen) atoms. The van der Waals surface area contributed by atoms with Crippen molar-refractivity contribution < 1.29 is 5.21 Å². The lowest BCUT2D eigenvalue weighted by atomic mass is 9.71. The fraction of sp³-hybridized carbons (Fsp3) is 0.800. The van der Waals surface area contributed by atoms with Crippen LogP contribution in [0.15, 0.2) is 5.16 Å². The fourth-order valence-corrected chi connectivity index (χ4v) is 3.49. The second-order valence-corrected chi connectivity index (χ2v) is 5.37. The zero-order chi connectivity index (χ0) is 9.85. The number of thiocarbonyl (C=S) groups is 1. The molecule has 2 aliphatic rings. The van der Waals surface area contributed by atoms with Gasteiger partial charge in [-0.15, -0.1) is 0 Å². The Morgan fingerprint density at radius 2 is 2.08 bits per heavy atom. The van der Waals surface area contributed by atoms with Crippen molar-refractivity contribution in [2.75, 3.05) is 0 Å². The van der Waals surface area contributed by atoms with Crippen molar-refractivity contribution in [1.29, 1.82) is 0 Å². The predicted octanol–water partition coefficient (Wildman–Crippen LogP) is 2.64. The summed E-state index contributed by atoms with van der Waals surface area (Å²) >= 11 is 5.36. The third kappa shape index (κ3) is 0.790. The Kier molecular flexibility index (Phi) is 1.63. The number of hydrogen-bond acceptors (Lipinski definition) is 3. The normalized spacial score (nSPS) is 44.7. The van der Waals surface area contributed by atoms with Crippen molar-refractivity contribution >= 4 is 22.8 Å². The van der Waals surface area contributed by atoms with Gasteiger partial charge in [0.15, 0.2) is 0 Å². The van der Waals surface area contributed by atoms with Crippen LogP contribution in [0.25, 0.3) is 0 Å². The van der Waals surface area contributed by atoms with E-state index in [9.17, 15) is 0 Å². The van der Waals surface area contributed by atoms with Gasteiger partial charge >= 0.3 is 0 Å². The van der Waals surface area contributed by atoms with Crippen LogP contribution < -0.4 is 0 Å². The van der Waals surface area contributed by atoms with Gasteiger partial charge in [0.2, 0.25) is 0 Å². The third-order valence-electron chi connectivity index (χ3n) is 4.40. The minimum absolute atomic E-state index is 0.0779. The number of hydrogen-bond donors (Lipinski definition) is 1. The highest BCUT2D eigenvalue weighted by Crippen LogP contribution is 2.62. The molecule has 0 aliphatic heterocycles. The van der Waals surface area contributed by atoms with E-state index < -0.39 is 0 Å². The van der Waals surface area contributed by atoms with Gasteiger partial charge in [0.1, 0.15) is 0 Å². The second kappa shape index (κ2) is 2.32. The molecule has 2 unspecified atom stereocenters. The lowest BCUT2D eigenvalue weighted by Crippen LogP contribution is -2.32. The first-order valence-electron chi connectivity index (χ1n) is 4.72. The Hall–Kier alpha value is -0.440. The summed E-state index contributed by atoms with van der Waals surface area (Å²) < 4.78 is 0. The highest BCUT2D eigenvalue weighted by molar-refractivity contribution is 7.82. The Bertz CT molecular complexity index is 308. The predicted molar refractivity (Wildman–Crippen MR) is 56.4 cm³/mol. The smallest absolute Gasteiger partial charge is 0.0976 e. The van der Waals surface area contributed by atoms with Crippen LogP contribution in [0.1, 0.15) is 33.6 Å². The van der Waals surface area contributed by atoms with Crippen molar-refractivity contribution in [2.24, 2.45) is 21.9 Å². The molecular weight excluding hydrogens is 182 g/mol. The monoisotopic (exact) mass is 197 g/mol. The van der Waals surface area contributed by atoms with Crippen LogP contribution in [-0.2, 0) is 0 Å². The average molecular weight is 197 g/mol. The molecule has 0 radical (unpaired) electrons. The zero-order valence-electron chi connectivity index (χ0n) is 8.29. The largest absolute Gasteiger partial charge is 0.411 e. The molecule has 2 nitrogen and oxygen atoms in total. The molecule has 0 spiro atoms. The van der Waals surface area contributed by atoms with Crippen LogP contribution in [0, 0.1) is 16.7 Å². The number of nitrogens with zero attached hydrogens (tertiary/aromatic N) is 1. The Morgan fingerprint density at radius 1 is 1.46 bits per heavy atom. The van der Waals surface area contributed by atoms with Crippen molar-refractivity contribution in [1.82, 2.24) is 0 Å². The van der Waals surface area contributed by atoms with E-state index in [1.165, 1.54) is 0 Å². The average Bonchev–Trinajstić information content (AvgIpc) is 2.36. The van der Waals surface area contributed by atoms with E-state index in [0.717, 1.165) is 23.4 Å². The molecule has 2 fully saturated rings. The summed E-state index contributed by atoms with van der Waals surface area (Å²) in [6.07, 6.45) is 2.26. The second-order valence-electron chi connectivity index (χ2n) is 4.96. The van der Waals surface area contributed by atoms with Crippen LogP contribution in [0.2, 0.25) is 0 Å². The van der Waals surface area contributed by atoms with Gasteiger partial charge in [-0.25, -0.2) is 0 Å². The van der Waals surface area contributed by atoms with Crippen LogP contribution >= 0.6 is 12.2 Å². The van der Waals surface area contributed by atoms with Gasteiger partial charge in [-0.1, -0.05) is 38.1 Å². The van der Waals surface area contributed by atoms with E-state index >= 15 is 0 Å². The topological polar surface area (TPSA) is 32.6 Å². The first-order chi connectivity index (χ1) is 5.95. The van der Waals surface area contributed by atoms with Crippen molar-refractivity contribution in [2.45, 2.75) is 33.6 Å². The summed E-state index contributed by atoms with van der Waals surface area (Å²) in [4.78, 5) is 0.885. The molecule has 1 N–H and O–H groups in total. The summed E-state index contributed by atoms with van der Waals surface area (Å²) in [6.45, 7) is 6.66. The van der Waals surface area contributed by atoms with Crippen LogP contribution in [-0.4, -0.2) is 15.8 Å². The third-order valence-corrected chi connectivity index (χ3v) is 5.06. The van der Waals surface area contributed by atoms with E-state index in [1.807, 2.05) is 0 Å². The molecule has 0 saturated heterocycles. The van der Waals surface area contributed by atoms with Gasteiger partial charge in [0.05, 0.1) is 5.71 Å². The zero-order valence-corrected chi connectivity index (χ0v) is 9.11. The van der Waals surface area contributed by atoms with Gasteiger partial charge < -0.3 is 5.21 Å². The van der Waals surface area contributed by atoms with Gasteiger partial charge in [-0.2, -0.15) is 0 Å². The molecule has 3 heteroatoms. The minimum Gasteiger partial charge on any atom is -0.411 e. The van der Waals surface area contributed by atoms with E-state index in [2.05, 4.69) is 25.9 Å². The van der Waals surface area contributed by atoms with Crippen molar-refractivity contribution in [3.8, 4) is 0 Å². The van der Waals surface area contributed by atoms with Crippen LogP contribution in [0.4, 0.5) is 0 Å². The van der Waals surface area contributed by atoms with Crippen LogP contribution in [0.3, 0.4) is 0 Å². The lowest BCUT2D eigenvalue weighted by Gasteiger charge is -2.33. The summed E-state index contributed by atoms with van der Waals surface area (Å²) in [7, 11) is 0. The van der Waals surface area contributed by atoms with Crippen LogP contribution in [0.5, 0.6) is 0 Å². The van der Waals surface area contributed by atoms with E-state index in [1.54, 1.807) is 0 Å². The minimum atomic E-state index is 0.0779. The molecule has 0 amide bonds. The van der Waals surface area contributed by atoms with Gasteiger partial charge in [0, 0.05) is 16.2 Å². The molecule has 2 rings (SSSR count). The highest BCUT2D eigenvalue weighted by atomic mass is 32.1. The standard InChI is InChI=1S/C10H15NOS/c1-9(2)6-4-5-10(9,3)8(13)7(6)11-12/h6,12H,4-5H2,1-3H3. The SMILES string of the molecule is CC12CCC(C(=NO)C1=S)C2(C)C. The maximum Gasteiger partial charge on any atom is 0.0976 e. The summed E-state index contributed by atoms with van der Waals surface area (Å²) in [5.41, 5.74) is 1.02. The first kappa shape index (κ1) is 9.13. The van der Waals surface area contributed by atoms with Gasteiger partial charge in [-0.3, -0.25) is 0 Å². The molecule has 2 aliphatic carbocycles. The Balaban J connectivity index is 2.57. The maximum absolute atomic E-state index is 8.91. The fourth-order valence-electron chi connectivity index (χ4n) is 2.94. The number of oxime groups is 1. The van der Waals surface area contributed by atoms with Crippen molar-refractivity contribution in [3.05, 3.63) is 0 Å². The maximum atomic E-state index is 8.91. The quantitative estimate of drug-likeness (QED) is 0.368. The molecule has 0 heterocycles. The number of fused-ring (bicyclic) bond motifs is 2. The molecule has 0 aromatic rings. The molecule has 2 atom stereocenters. The van der Waals surface area contributed by atoms with E-state index in [4.69, 9.17) is 17.4 Å². The number of rotatable bonds is 0. The molecule has 0 aromatic carbocycles. The Labute approximate surface area is 84.0 Å². The van der Waals surface area contributed by atoms with E-state index in [0.29, 0.717) is 5.92 Å². The molecular formula is C10H15NOS. The molecule has 2 bridgehead atoms. The van der Waals surface area contributed by atoms with Gasteiger partial charge in [-0.05, 0) is 18.3 Å². The highest BCUT2D eigenvalue weighted by Gasteiger charge is 2.62. The summed E-state index contributed by atoms with van der Waals surface area (Å²) in [5.74, 6) is 0.370. The molecule has 72 valence electrons. The molecule has 2 saturated carbocycles.